The van der Waals surface area contributed by atoms with Gasteiger partial charge < -0.3 is 14.6 Å². The maximum atomic E-state index is 12.9. The number of halogens is 2. The van der Waals surface area contributed by atoms with Gasteiger partial charge in [-0.15, -0.1) is 0 Å². The summed E-state index contributed by atoms with van der Waals surface area (Å²) >= 11 is 0. The van der Waals surface area contributed by atoms with Crippen molar-refractivity contribution in [2.75, 3.05) is 14.2 Å². The quantitative estimate of drug-likeness (QED) is 0.887. The van der Waals surface area contributed by atoms with E-state index in [1.807, 2.05) is 0 Å². The van der Waals surface area contributed by atoms with Gasteiger partial charge in [-0.25, -0.2) is 8.78 Å². The first-order chi connectivity index (χ1) is 7.81. The molecule has 0 aliphatic rings. The smallest absolute Gasteiger partial charge is 0.264 e. The summed E-state index contributed by atoms with van der Waals surface area (Å²) in [5.41, 5.74) is -1.49. The molecule has 0 amide bonds. The van der Waals surface area contributed by atoms with Crippen molar-refractivity contribution in [3.05, 3.63) is 23.3 Å². The van der Waals surface area contributed by atoms with Crippen molar-refractivity contribution >= 4 is 0 Å². The maximum Gasteiger partial charge on any atom is 0.264 e. The molecule has 0 aliphatic carbocycles. The van der Waals surface area contributed by atoms with Crippen LogP contribution in [0.3, 0.4) is 0 Å². The number of benzene rings is 1. The van der Waals surface area contributed by atoms with Gasteiger partial charge in [0.1, 0.15) is 0 Å². The largest absolute Gasteiger partial charge is 0.493 e. The standard InChI is InChI=1S/C12H16F2O3/c1-12(2,15)8-6-10(17-4)9(16-3)5-7(8)11(13)14/h5-6,11,15H,1-4H3. The lowest BCUT2D eigenvalue weighted by Crippen LogP contribution is -2.18. The van der Waals surface area contributed by atoms with Crippen molar-refractivity contribution in [3.63, 3.8) is 0 Å². The summed E-state index contributed by atoms with van der Waals surface area (Å²) in [7, 11) is 2.78. The Kier molecular flexibility index (Phi) is 3.93. The predicted molar refractivity (Wildman–Crippen MR) is 59.7 cm³/mol. The first-order valence-electron chi connectivity index (χ1n) is 5.08. The number of ether oxygens (including phenoxy) is 2. The van der Waals surface area contributed by atoms with Crippen LogP contribution in [0.15, 0.2) is 12.1 Å². The highest BCUT2D eigenvalue weighted by atomic mass is 19.3. The van der Waals surface area contributed by atoms with E-state index in [4.69, 9.17) is 9.47 Å². The fourth-order valence-electron chi connectivity index (χ4n) is 1.61. The average Bonchev–Trinajstić information content (AvgIpc) is 2.25. The van der Waals surface area contributed by atoms with Gasteiger partial charge in [0.05, 0.1) is 19.8 Å². The van der Waals surface area contributed by atoms with E-state index in [1.165, 1.54) is 40.2 Å². The normalized spacial score (nSPS) is 11.8. The highest BCUT2D eigenvalue weighted by Gasteiger charge is 2.27. The monoisotopic (exact) mass is 246 g/mol. The molecular formula is C12H16F2O3. The van der Waals surface area contributed by atoms with Crippen LogP contribution in [-0.4, -0.2) is 19.3 Å². The molecule has 0 spiro atoms. The number of hydrogen-bond acceptors (Lipinski definition) is 3. The number of alkyl halides is 2. The van der Waals surface area contributed by atoms with Crippen LogP contribution < -0.4 is 9.47 Å². The van der Waals surface area contributed by atoms with E-state index in [0.717, 1.165) is 0 Å². The Hall–Kier alpha value is -1.36. The average molecular weight is 246 g/mol. The highest BCUT2D eigenvalue weighted by Crippen LogP contribution is 2.39. The molecule has 5 heteroatoms. The summed E-state index contributed by atoms with van der Waals surface area (Å²) in [5, 5.41) is 9.87. The number of rotatable bonds is 4. The summed E-state index contributed by atoms with van der Waals surface area (Å²) in [6.07, 6.45) is -2.68. The molecule has 1 rings (SSSR count). The van der Waals surface area contributed by atoms with Gasteiger partial charge in [-0.1, -0.05) is 0 Å². The summed E-state index contributed by atoms with van der Waals surface area (Å²) in [6.45, 7) is 2.89. The molecule has 3 nitrogen and oxygen atoms in total. The summed E-state index contributed by atoms with van der Waals surface area (Å²) in [4.78, 5) is 0. The van der Waals surface area contributed by atoms with Gasteiger partial charge in [-0.05, 0) is 31.5 Å². The Bertz CT molecular complexity index is 397. The van der Waals surface area contributed by atoms with Gasteiger partial charge in [-0.3, -0.25) is 0 Å². The summed E-state index contributed by atoms with van der Waals surface area (Å²) in [6, 6.07) is 2.57. The van der Waals surface area contributed by atoms with Crippen LogP contribution in [0, 0.1) is 0 Å². The third kappa shape index (κ3) is 2.85. The molecule has 17 heavy (non-hydrogen) atoms. The van der Waals surface area contributed by atoms with E-state index >= 15 is 0 Å². The lowest BCUT2D eigenvalue weighted by molar-refractivity contribution is 0.0696. The van der Waals surface area contributed by atoms with E-state index in [1.54, 1.807) is 0 Å². The predicted octanol–water partition coefficient (Wildman–Crippen LogP) is 2.87. The fourth-order valence-corrected chi connectivity index (χ4v) is 1.61. The van der Waals surface area contributed by atoms with E-state index in [2.05, 4.69) is 0 Å². The molecule has 0 saturated carbocycles. The molecule has 0 radical (unpaired) electrons. The molecule has 0 aliphatic heterocycles. The Balaban J connectivity index is 3.46. The van der Waals surface area contributed by atoms with E-state index < -0.39 is 12.0 Å². The molecule has 1 aromatic rings. The SMILES string of the molecule is COc1cc(C(F)F)c(C(C)(C)O)cc1OC. The van der Waals surface area contributed by atoms with E-state index in [-0.39, 0.29) is 16.9 Å². The van der Waals surface area contributed by atoms with Gasteiger partial charge in [-0.2, -0.15) is 0 Å². The van der Waals surface area contributed by atoms with Crippen LogP contribution >= 0.6 is 0 Å². The maximum absolute atomic E-state index is 12.9. The van der Waals surface area contributed by atoms with Crippen LogP contribution in [0.1, 0.15) is 31.4 Å². The van der Waals surface area contributed by atoms with E-state index in [0.29, 0.717) is 5.75 Å². The number of hydrogen-bond donors (Lipinski definition) is 1. The van der Waals surface area contributed by atoms with Gasteiger partial charge >= 0.3 is 0 Å². The first-order valence-corrected chi connectivity index (χ1v) is 5.08. The van der Waals surface area contributed by atoms with Gasteiger partial charge in [0.2, 0.25) is 0 Å². The van der Waals surface area contributed by atoms with Gasteiger partial charge in [0.25, 0.3) is 6.43 Å². The van der Waals surface area contributed by atoms with Crippen LogP contribution in [-0.2, 0) is 5.60 Å². The first kappa shape index (κ1) is 13.7. The zero-order valence-corrected chi connectivity index (χ0v) is 10.3. The Morgan fingerprint density at radius 2 is 1.59 bits per heavy atom. The molecule has 0 aromatic heterocycles. The van der Waals surface area contributed by atoms with Crippen molar-refractivity contribution in [2.24, 2.45) is 0 Å². The zero-order valence-electron chi connectivity index (χ0n) is 10.3. The van der Waals surface area contributed by atoms with E-state index in [9.17, 15) is 13.9 Å². The summed E-state index contributed by atoms with van der Waals surface area (Å²) < 4.78 is 35.8. The molecule has 1 aromatic carbocycles. The molecule has 0 unspecified atom stereocenters. The Morgan fingerprint density at radius 3 is 1.94 bits per heavy atom. The minimum atomic E-state index is -2.68. The molecule has 0 saturated heterocycles. The van der Waals surface area contributed by atoms with Crippen molar-refractivity contribution < 1.29 is 23.4 Å². The van der Waals surface area contributed by atoms with Crippen molar-refractivity contribution in [2.45, 2.75) is 25.9 Å². The lowest BCUT2D eigenvalue weighted by atomic mass is 9.92. The van der Waals surface area contributed by atoms with Crippen LogP contribution in [0.5, 0.6) is 11.5 Å². The number of aliphatic hydroxyl groups is 1. The van der Waals surface area contributed by atoms with Crippen molar-refractivity contribution in [1.82, 2.24) is 0 Å². The van der Waals surface area contributed by atoms with Gasteiger partial charge in [0, 0.05) is 5.56 Å². The van der Waals surface area contributed by atoms with Crippen LogP contribution in [0.4, 0.5) is 8.78 Å². The van der Waals surface area contributed by atoms with Crippen LogP contribution in [0.2, 0.25) is 0 Å². The highest BCUT2D eigenvalue weighted by molar-refractivity contribution is 5.49. The fraction of sp³-hybridized carbons (Fsp3) is 0.500. The Morgan fingerprint density at radius 1 is 1.12 bits per heavy atom. The second-order valence-corrected chi connectivity index (χ2v) is 4.15. The zero-order chi connectivity index (χ0) is 13.2. The number of methoxy groups -OCH3 is 2. The topological polar surface area (TPSA) is 38.7 Å². The minimum absolute atomic E-state index is 0.130. The molecule has 0 heterocycles. The summed E-state index contributed by atoms with van der Waals surface area (Å²) in [5.74, 6) is 0.532. The molecule has 0 fully saturated rings. The third-order valence-corrected chi connectivity index (χ3v) is 2.45. The van der Waals surface area contributed by atoms with Gasteiger partial charge in [0.15, 0.2) is 11.5 Å². The van der Waals surface area contributed by atoms with Crippen molar-refractivity contribution in [3.8, 4) is 11.5 Å². The molecule has 0 bridgehead atoms. The third-order valence-electron chi connectivity index (χ3n) is 2.45. The second kappa shape index (κ2) is 4.87. The Labute approximate surface area is 99.0 Å². The second-order valence-electron chi connectivity index (χ2n) is 4.15. The minimum Gasteiger partial charge on any atom is -0.493 e. The molecule has 96 valence electrons. The molecule has 1 N–H and O–H groups in total. The molecule has 0 atom stereocenters. The molecular weight excluding hydrogens is 230 g/mol. The van der Waals surface area contributed by atoms with Crippen molar-refractivity contribution in [1.29, 1.82) is 0 Å². The van der Waals surface area contributed by atoms with Crippen LogP contribution in [0.25, 0.3) is 0 Å². The lowest BCUT2D eigenvalue weighted by Gasteiger charge is -2.23.